The van der Waals surface area contributed by atoms with E-state index in [2.05, 4.69) is 4.74 Å². The summed E-state index contributed by atoms with van der Waals surface area (Å²) in [5.41, 5.74) is 6.31. The zero-order valence-electron chi connectivity index (χ0n) is 6.94. The Morgan fingerprint density at radius 1 is 1.46 bits per heavy atom. The minimum absolute atomic E-state index is 0.167. The molecule has 0 radical (unpaired) electrons. The van der Waals surface area contributed by atoms with Gasteiger partial charge in [-0.05, 0) is 5.56 Å². The highest BCUT2D eigenvalue weighted by Gasteiger charge is 2.15. The van der Waals surface area contributed by atoms with E-state index in [1.165, 1.54) is 0 Å². The number of hydrogen-bond donors (Lipinski definition) is 1. The zero-order chi connectivity index (χ0) is 9.68. The molecule has 0 bridgehead atoms. The molecule has 0 saturated carbocycles. The number of benzene rings is 1. The van der Waals surface area contributed by atoms with Gasteiger partial charge in [-0.1, -0.05) is 41.9 Å². The first-order valence-corrected chi connectivity index (χ1v) is 4.32. The van der Waals surface area contributed by atoms with Crippen LogP contribution in [0.2, 0.25) is 0 Å². The number of rotatable bonds is 3. The second-order valence-corrected chi connectivity index (χ2v) is 2.68. The normalized spacial score (nSPS) is 12.2. The van der Waals surface area contributed by atoms with Crippen molar-refractivity contribution in [3.05, 3.63) is 35.9 Å². The average Bonchev–Trinajstić information content (AvgIpc) is 2.18. The fourth-order valence-corrected chi connectivity index (χ4v) is 1.05. The summed E-state index contributed by atoms with van der Waals surface area (Å²) in [5, 5.41) is 0. The Morgan fingerprint density at radius 2 is 2.08 bits per heavy atom. The van der Waals surface area contributed by atoms with Gasteiger partial charge >= 0.3 is 5.97 Å². The predicted molar refractivity (Wildman–Crippen MR) is 50.2 cm³/mol. The first kappa shape index (κ1) is 10.0. The molecule has 0 fully saturated rings. The number of carbonyl (C=O) groups is 1. The van der Waals surface area contributed by atoms with Crippen LogP contribution in [0, 0.1) is 0 Å². The van der Waals surface area contributed by atoms with Crippen molar-refractivity contribution in [1.82, 2.24) is 0 Å². The smallest absolute Gasteiger partial charge is 0.328 e. The largest absolute Gasteiger partial charge is 0.448 e. The third-order valence-electron chi connectivity index (χ3n) is 1.61. The van der Waals surface area contributed by atoms with E-state index in [1.807, 2.05) is 18.2 Å². The molecule has 0 aromatic heterocycles. The van der Waals surface area contributed by atoms with Crippen molar-refractivity contribution < 1.29 is 9.53 Å². The summed E-state index contributed by atoms with van der Waals surface area (Å²) in [6.07, 6.45) is 0. The quantitative estimate of drug-likeness (QED) is 0.592. The summed E-state index contributed by atoms with van der Waals surface area (Å²) in [6.45, 7) is 0. The molecule has 1 atom stereocenters. The van der Waals surface area contributed by atoms with Gasteiger partial charge in [0, 0.05) is 0 Å². The molecule has 0 aliphatic rings. The van der Waals surface area contributed by atoms with Crippen molar-refractivity contribution in [3.8, 4) is 0 Å². The number of hydrogen-bond acceptors (Lipinski definition) is 3. The fraction of sp³-hybridized carbons (Fsp3) is 0.222. The lowest BCUT2D eigenvalue weighted by molar-refractivity contribution is -0.143. The summed E-state index contributed by atoms with van der Waals surface area (Å²) in [5.74, 6) is -0.513. The molecular formula is C9H10ClNO2. The first-order valence-electron chi connectivity index (χ1n) is 3.79. The Balaban J connectivity index is 2.68. The summed E-state index contributed by atoms with van der Waals surface area (Å²) >= 11 is 5.23. The molecule has 0 amide bonds. The molecule has 0 aliphatic heterocycles. The Labute approximate surface area is 81.4 Å². The van der Waals surface area contributed by atoms with E-state index in [0.29, 0.717) is 0 Å². The lowest BCUT2D eigenvalue weighted by Gasteiger charge is -2.09. The average molecular weight is 200 g/mol. The molecule has 0 unspecified atom stereocenters. The Kier molecular flexibility index (Phi) is 3.73. The second kappa shape index (κ2) is 4.84. The predicted octanol–water partition coefficient (Wildman–Crippen LogP) is 1.43. The van der Waals surface area contributed by atoms with Gasteiger partial charge in [-0.25, -0.2) is 4.79 Å². The van der Waals surface area contributed by atoms with Crippen LogP contribution in [0.15, 0.2) is 30.3 Å². The van der Waals surface area contributed by atoms with E-state index in [9.17, 15) is 4.79 Å². The van der Waals surface area contributed by atoms with Crippen LogP contribution in [0.4, 0.5) is 0 Å². The molecule has 1 rings (SSSR count). The summed E-state index contributed by atoms with van der Waals surface area (Å²) in [4.78, 5) is 11.1. The topological polar surface area (TPSA) is 52.3 Å². The molecule has 0 heterocycles. The number of nitrogens with two attached hydrogens (primary N) is 1. The SMILES string of the molecule is N[C@H](C(=O)OCCl)c1ccccc1. The number of alkyl halides is 1. The van der Waals surface area contributed by atoms with Crippen LogP contribution in [0.1, 0.15) is 11.6 Å². The zero-order valence-corrected chi connectivity index (χ0v) is 7.70. The molecule has 0 aliphatic carbocycles. The van der Waals surface area contributed by atoms with E-state index in [4.69, 9.17) is 17.3 Å². The number of esters is 1. The van der Waals surface area contributed by atoms with E-state index in [0.717, 1.165) is 5.56 Å². The van der Waals surface area contributed by atoms with E-state index >= 15 is 0 Å². The van der Waals surface area contributed by atoms with Crippen LogP contribution in [-0.2, 0) is 9.53 Å². The van der Waals surface area contributed by atoms with Crippen molar-refractivity contribution in [2.24, 2.45) is 5.73 Å². The molecule has 3 nitrogen and oxygen atoms in total. The maximum absolute atomic E-state index is 11.1. The standard InChI is InChI=1S/C9H10ClNO2/c10-6-13-9(12)8(11)7-4-2-1-3-5-7/h1-5,8H,6,11H2/t8-/m0/s1. The fourth-order valence-electron chi connectivity index (χ4n) is 0.940. The minimum Gasteiger partial charge on any atom is -0.448 e. The Bertz CT molecular complexity index is 276. The molecule has 2 N–H and O–H groups in total. The van der Waals surface area contributed by atoms with Crippen LogP contribution in [0.5, 0.6) is 0 Å². The highest BCUT2D eigenvalue weighted by atomic mass is 35.5. The van der Waals surface area contributed by atoms with Gasteiger partial charge in [0.1, 0.15) is 6.04 Å². The van der Waals surface area contributed by atoms with Crippen molar-refractivity contribution in [3.63, 3.8) is 0 Å². The van der Waals surface area contributed by atoms with Crippen LogP contribution in [0.3, 0.4) is 0 Å². The first-order chi connectivity index (χ1) is 6.25. The van der Waals surface area contributed by atoms with Crippen LogP contribution in [-0.4, -0.2) is 12.0 Å². The van der Waals surface area contributed by atoms with E-state index in [-0.39, 0.29) is 6.07 Å². The van der Waals surface area contributed by atoms with Gasteiger partial charge in [-0.2, -0.15) is 0 Å². The number of carbonyl (C=O) groups excluding carboxylic acids is 1. The molecule has 0 saturated heterocycles. The molecule has 0 spiro atoms. The molecular weight excluding hydrogens is 190 g/mol. The van der Waals surface area contributed by atoms with Gasteiger partial charge in [0.25, 0.3) is 0 Å². The maximum Gasteiger partial charge on any atom is 0.328 e. The van der Waals surface area contributed by atoms with Crippen LogP contribution in [0.25, 0.3) is 0 Å². The molecule has 70 valence electrons. The Hall–Kier alpha value is -1.06. The van der Waals surface area contributed by atoms with Crippen LogP contribution < -0.4 is 5.73 Å². The number of ether oxygens (including phenoxy) is 1. The van der Waals surface area contributed by atoms with Crippen molar-refractivity contribution in [2.45, 2.75) is 6.04 Å². The summed E-state index contributed by atoms with van der Waals surface area (Å²) in [6, 6.07) is 8.08. The molecule has 13 heavy (non-hydrogen) atoms. The van der Waals surface area contributed by atoms with Crippen molar-refractivity contribution in [1.29, 1.82) is 0 Å². The van der Waals surface area contributed by atoms with Gasteiger partial charge in [0.2, 0.25) is 0 Å². The summed E-state index contributed by atoms with van der Waals surface area (Å²) in [7, 11) is 0. The third-order valence-corrected chi connectivity index (χ3v) is 1.72. The van der Waals surface area contributed by atoms with Crippen LogP contribution >= 0.6 is 11.6 Å². The highest BCUT2D eigenvalue weighted by Crippen LogP contribution is 2.10. The second-order valence-electron chi connectivity index (χ2n) is 2.46. The lowest BCUT2D eigenvalue weighted by atomic mass is 10.1. The van der Waals surface area contributed by atoms with Gasteiger partial charge in [0.05, 0.1) is 0 Å². The monoisotopic (exact) mass is 199 g/mol. The maximum atomic E-state index is 11.1. The molecule has 1 aromatic rings. The third kappa shape index (κ3) is 2.72. The van der Waals surface area contributed by atoms with Crippen molar-refractivity contribution in [2.75, 3.05) is 6.07 Å². The number of halogens is 1. The highest BCUT2D eigenvalue weighted by molar-refractivity contribution is 6.17. The summed E-state index contributed by atoms with van der Waals surface area (Å²) < 4.78 is 4.56. The van der Waals surface area contributed by atoms with Gasteiger partial charge in [-0.15, -0.1) is 0 Å². The molecule has 1 aromatic carbocycles. The van der Waals surface area contributed by atoms with E-state index < -0.39 is 12.0 Å². The van der Waals surface area contributed by atoms with E-state index in [1.54, 1.807) is 12.1 Å². The van der Waals surface area contributed by atoms with Gasteiger partial charge in [-0.3, -0.25) is 0 Å². The minimum atomic E-state index is -0.750. The van der Waals surface area contributed by atoms with Crippen molar-refractivity contribution >= 4 is 17.6 Å². The van der Waals surface area contributed by atoms with Gasteiger partial charge < -0.3 is 10.5 Å². The Morgan fingerprint density at radius 3 is 2.62 bits per heavy atom. The molecule has 4 heteroatoms. The van der Waals surface area contributed by atoms with Gasteiger partial charge in [0.15, 0.2) is 6.07 Å². The lowest BCUT2D eigenvalue weighted by Crippen LogP contribution is -2.23.